The van der Waals surface area contributed by atoms with Crippen LogP contribution in [0.15, 0.2) is 67.1 Å². The maximum absolute atomic E-state index is 6.72. The van der Waals surface area contributed by atoms with Gasteiger partial charge in [0.05, 0.1) is 17.6 Å². The quantitative estimate of drug-likeness (QED) is 0.301. The summed E-state index contributed by atoms with van der Waals surface area (Å²) in [5.74, 6) is 0.849. The Morgan fingerprint density at radius 3 is 2.48 bits per heavy atom. The summed E-state index contributed by atoms with van der Waals surface area (Å²) in [7, 11) is 1.68. The number of aryl methyl sites for hydroxylation is 1. The van der Waals surface area contributed by atoms with Gasteiger partial charge in [0.15, 0.2) is 0 Å². The molecular formula is C28H30ClN3O. The van der Waals surface area contributed by atoms with E-state index in [2.05, 4.69) is 44.9 Å². The molecular weight excluding hydrogens is 430 g/mol. The number of hydrogen-bond acceptors (Lipinski definition) is 3. The van der Waals surface area contributed by atoms with Gasteiger partial charge in [0.25, 0.3) is 0 Å². The van der Waals surface area contributed by atoms with Crippen molar-refractivity contribution >= 4 is 22.5 Å². The van der Waals surface area contributed by atoms with Gasteiger partial charge in [-0.1, -0.05) is 36.2 Å². The fourth-order valence-corrected chi connectivity index (χ4v) is 5.16. The van der Waals surface area contributed by atoms with Crippen LogP contribution in [-0.4, -0.2) is 41.2 Å². The second-order valence-corrected chi connectivity index (χ2v) is 9.22. The average Bonchev–Trinajstić information content (AvgIpc) is 3.25. The summed E-state index contributed by atoms with van der Waals surface area (Å²) < 4.78 is 7.66. The fourth-order valence-electron chi connectivity index (χ4n) is 4.89. The van der Waals surface area contributed by atoms with E-state index >= 15 is 0 Å². The second-order valence-electron chi connectivity index (χ2n) is 8.82. The van der Waals surface area contributed by atoms with E-state index in [9.17, 15) is 0 Å². The molecule has 0 unspecified atom stereocenters. The first-order valence-corrected chi connectivity index (χ1v) is 12.2. The first-order chi connectivity index (χ1) is 16.2. The Balaban J connectivity index is 1.45. The van der Waals surface area contributed by atoms with Crippen molar-refractivity contribution in [2.24, 2.45) is 0 Å². The van der Waals surface area contributed by atoms with Crippen LogP contribution in [0.5, 0.6) is 5.75 Å². The van der Waals surface area contributed by atoms with Gasteiger partial charge >= 0.3 is 0 Å². The molecule has 0 spiro atoms. The number of benzene rings is 2. The largest absolute Gasteiger partial charge is 0.497 e. The van der Waals surface area contributed by atoms with Crippen LogP contribution in [0.4, 0.5) is 0 Å². The molecule has 0 saturated carbocycles. The van der Waals surface area contributed by atoms with Gasteiger partial charge in [0.1, 0.15) is 5.75 Å². The molecule has 1 aliphatic rings. The Kier molecular flexibility index (Phi) is 6.65. The highest BCUT2D eigenvalue weighted by atomic mass is 35.5. The molecule has 0 radical (unpaired) electrons. The molecule has 1 aliphatic heterocycles. The maximum atomic E-state index is 6.72. The van der Waals surface area contributed by atoms with Gasteiger partial charge < -0.3 is 14.2 Å². The molecule has 0 aliphatic carbocycles. The SMILES string of the molecule is COc1ccc(-c2cncc(-c3cn(CCCN4CCCCC4)c4cccc(Cl)c34)c2)cc1. The van der Waals surface area contributed by atoms with Gasteiger partial charge in [0, 0.05) is 47.2 Å². The minimum Gasteiger partial charge on any atom is -0.497 e. The van der Waals surface area contributed by atoms with E-state index in [0.717, 1.165) is 57.9 Å². The third-order valence-corrected chi connectivity index (χ3v) is 6.96. The molecule has 4 aromatic rings. The van der Waals surface area contributed by atoms with Crippen LogP contribution in [0.3, 0.4) is 0 Å². The predicted octanol–water partition coefficient (Wildman–Crippen LogP) is 6.91. The molecule has 33 heavy (non-hydrogen) atoms. The number of hydrogen-bond donors (Lipinski definition) is 0. The number of nitrogens with zero attached hydrogens (tertiary/aromatic N) is 3. The number of halogens is 1. The summed E-state index contributed by atoms with van der Waals surface area (Å²) in [5.41, 5.74) is 5.59. The molecule has 5 rings (SSSR count). The van der Waals surface area contributed by atoms with Crippen molar-refractivity contribution in [1.29, 1.82) is 0 Å². The standard InChI is InChI=1S/C28H30ClN3O/c1-33-24-11-9-21(10-12-24)22-17-23(19-30-18-22)25-20-32(27-8-5-7-26(29)28(25)27)16-6-15-31-13-3-2-4-14-31/h5,7-12,17-20H,2-4,6,13-16H2,1H3. The first kappa shape index (κ1) is 22.0. The fraction of sp³-hybridized carbons (Fsp3) is 0.321. The van der Waals surface area contributed by atoms with Crippen LogP contribution in [-0.2, 0) is 6.54 Å². The topological polar surface area (TPSA) is 30.3 Å². The molecule has 1 fully saturated rings. The molecule has 0 bridgehead atoms. The highest BCUT2D eigenvalue weighted by molar-refractivity contribution is 6.36. The van der Waals surface area contributed by atoms with Gasteiger partial charge in [-0.25, -0.2) is 0 Å². The van der Waals surface area contributed by atoms with Crippen molar-refractivity contribution < 1.29 is 4.74 Å². The number of piperidine rings is 1. The number of aromatic nitrogens is 2. The van der Waals surface area contributed by atoms with Crippen LogP contribution >= 0.6 is 11.6 Å². The van der Waals surface area contributed by atoms with Crippen LogP contribution in [0.2, 0.25) is 5.02 Å². The molecule has 2 aromatic heterocycles. The summed E-state index contributed by atoms with van der Waals surface area (Å²) in [5, 5.41) is 1.89. The lowest BCUT2D eigenvalue weighted by Crippen LogP contribution is -2.31. The summed E-state index contributed by atoms with van der Waals surface area (Å²) in [4.78, 5) is 7.16. The summed E-state index contributed by atoms with van der Waals surface area (Å²) in [6.07, 6.45) is 11.3. The first-order valence-electron chi connectivity index (χ1n) is 11.8. The van der Waals surface area contributed by atoms with Crippen molar-refractivity contribution in [3.05, 3.63) is 72.1 Å². The number of methoxy groups -OCH3 is 1. The van der Waals surface area contributed by atoms with Gasteiger partial charge in [0.2, 0.25) is 0 Å². The smallest absolute Gasteiger partial charge is 0.118 e. The van der Waals surface area contributed by atoms with E-state index in [1.165, 1.54) is 37.9 Å². The number of rotatable bonds is 7. The van der Waals surface area contributed by atoms with E-state index in [4.69, 9.17) is 16.3 Å². The molecule has 5 heteroatoms. The molecule has 0 atom stereocenters. The minimum atomic E-state index is 0.784. The lowest BCUT2D eigenvalue weighted by molar-refractivity contribution is 0.223. The maximum Gasteiger partial charge on any atom is 0.118 e. The zero-order valence-electron chi connectivity index (χ0n) is 19.1. The molecule has 2 aromatic carbocycles. The van der Waals surface area contributed by atoms with Crippen molar-refractivity contribution in [3.63, 3.8) is 0 Å². The lowest BCUT2D eigenvalue weighted by atomic mass is 10.0. The molecule has 3 heterocycles. The Morgan fingerprint density at radius 1 is 0.909 bits per heavy atom. The summed E-state index contributed by atoms with van der Waals surface area (Å²) >= 11 is 6.72. The predicted molar refractivity (Wildman–Crippen MR) is 137 cm³/mol. The van der Waals surface area contributed by atoms with Gasteiger partial charge in [-0.15, -0.1) is 0 Å². The monoisotopic (exact) mass is 459 g/mol. The third-order valence-electron chi connectivity index (χ3n) is 6.65. The molecule has 4 nitrogen and oxygen atoms in total. The minimum absolute atomic E-state index is 0.784. The normalized spacial score (nSPS) is 14.6. The van der Waals surface area contributed by atoms with Crippen molar-refractivity contribution in [2.45, 2.75) is 32.2 Å². The van der Waals surface area contributed by atoms with E-state index < -0.39 is 0 Å². The zero-order valence-corrected chi connectivity index (χ0v) is 19.9. The molecule has 0 amide bonds. The number of ether oxygens (including phenoxy) is 1. The Hall–Kier alpha value is -2.82. The van der Waals surface area contributed by atoms with E-state index in [0.29, 0.717) is 0 Å². The average molecular weight is 460 g/mol. The van der Waals surface area contributed by atoms with Crippen LogP contribution in [0, 0.1) is 0 Å². The zero-order chi connectivity index (χ0) is 22.6. The van der Waals surface area contributed by atoms with Crippen LogP contribution in [0.25, 0.3) is 33.2 Å². The number of fused-ring (bicyclic) bond motifs is 1. The van der Waals surface area contributed by atoms with Gasteiger partial charge in [-0.2, -0.15) is 0 Å². The second kappa shape index (κ2) is 9.98. The van der Waals surface area contributed by atoms with Crippen molar-refractivity contribution in [3.8, 4) is 28.0 Å². The number of pyridine rings is 1. The van der Waals surface area contributed by atoms with E-state index in [1.54, 1.807) is 7.11 Å². The number of likely N-dealkylation sites (tertiary alicyclic amines) is 1. The van der Waals surface area contributed by atoms with Gasteiger partial charge in [-0.3, -0.25) is 4.98 Å². The summed E-state index contributed by atoms with van der Waals surface area (Å²) in [6.45, 7) is 4.63. The highest BCUT2D eigenvalue weighted by Gasteiger charge is 2.15. The Morgan fingerprint density at radius 2 is 1.70 bits per heavy atom. The molecule has 0 N–H and O–H groups in total. The van der Waals surface area contributed by atoms with E-state index in [-0.39, 0.29) is 0 Å². The van der Waals surface area contributed by atoms with Crippen LogP contribution in [0.1, 0.15) is 25.7 Å². The van der Waals surface area contributed by atoms with Crippen molar-refractivity contribution in [1.82, 2.24) is 14.5 Å². The van der Waals surface area contributed by atoms with E-state index in [1.807, 2.05) is 36.7 Å². The van der Waals surface area contributed by atoms with Crippen LogP contribution < -0.4 is 4.74 Å². The van der Waals surface area contributed by atoms with Crippen molar-refractivity contribution in [2.75, 3.05) is 26.7 Å². The Bertz CT molecular complexity index is 1230. The Labute approximate surface area is 200 Å². The third kappa shape index (κ3) is 4.78. The lowest BCUT2D eigenvalue weighted by Gasteiger charge is -2.26. The summed E-state index contributed by atoms with van der Waals surface area (Å²) in [6, 6.07) is 16.5. The molecule has 1 saturated heterocycles. The molecule has 170 valence electrons. The van der Waals surface area contributed by atoms with Gasteiger partial charge in [-0.05, 0) is 74.8 Å². The highest BCUT2D eigenvalue weighted by Crippen LogP contribution is 2.37.